The fraction of sp³-hybridized carbons (Fsp3) is 0.833. The lowest BCUT2D eigenvalue weighted by Gasteiger charge is -2.33. The number of sulfone groups is 1. The Balaban J connectivity index is 2.68. The van der Waals surface area contributed by atoms with Crippen LogP contribution in [0.5, 0.6) is 0 Å². The van der Waals surface area contributed by atoms with Crippen LogP contribution >= 0.6 is 0 Å². The van der Waals surface area contributed by atoms with E-state index in [0.717, 1.165) is 0 Å². The molecule has 2 amide bonds. The van der Waals surface area contributed by atoms with Crippen molar-refractivity contribution in [1.82, 2.24) is 10.2 Å². The number of nitrogens with one attached hydrogen (secondary N) is 1. The van der Waals surface area contributed by atoms with Gasteiger partial charge in [-0.05, 0) is 26.7 Å². The first kappa shape index (κ1) is 23.4. The largest absolute Gasteiger partial charge is 0.454 e. The summed E-state index contributed by atoms with van der Waals surface area (Å²) in [7, 11) is -3.14. The number of nitrogens with zero attached hydrogens (tertiary/aromatic N) is 1. The van der Waals surface area contributed by atoms with Gasteiger partial charge in [0.25, 0.3) is 5.91 Å². The minimum absolute atomic E-state index is 0.0604. The van der Waals surface area contributed by atoms with Crippen LogP contribution in [0.25, 0.3) is 0 Å². The summed E-state index contributed by atoms with van der Waals surface area (Å²) < 4.78 is 28.6. The second kappa shape index (κ2) is 9.03. The van der Waals surface area contributed by atoms with E-state index in [1.807, 2.05) is 13.8 Å². The monoisotopic (exact) mass is 404 g/mol. The van der Waals surface area contributed by atoms with Gasteiger partial charge < -0.3 is 15.0 Å². The van der Waals surface area contributed by atoms with Crippen molar-refractivity contribution in [1.29, 1.82) is 0 Å². The van der Waals surface area contributed by atoms with Crippen molar-refractivity contribution in [2.75, 3.05) is 18.1 Å². The van der Waals surface area contributed by atoms with Gasteiger partial charge in [0.05, 0.1) is 11.5 Å². The van der Waals surface area contributed by atoms with E-state index in [2.05, 4.69) is 5.32 Å². The lowest BCUT2D eigenvalue weighted by Crippen LogP contribution is -2.49. The van der Waals surface area contributed by atoms with Crippen LogP contribution in [0.1, 0.15) is 54.4 Å². The number of amides is 2. The molecule has 0 aromatic rings. The lowest BCUT2D eigenvalue weighted by molar-refractivity contribution is -0.156. The molecule has 0 spiro atoms. The molecule has 0 aromatic heterocycles. The summed E-state index contributed by atoms with van der Waals surface area (Å²) in [5.74, 6) is -1.42. The molecule has 3 unspecified atom stereocenters. The molecule has 0 bridgehead atoms. The molecule has 27 heavy (non-hydrogen) atoms. The normalized spacial score (nSPS) is 21.2. The van der Waals surface area contributed by atoms with Crippen molar-refractivity contribution in [3.05, 3.63) is 0 Å². The van der Waals surface area contributed by atoms with Crippen LogP contribution in [-0.4, -0.2) is 67.3 Å². The van der Waals surface area contributed by atoms with Crippen molar-refractivity contribution in [3.63, 3.8) is 0 Å². The first-order valence-electron chi connectivity index (χ1n) is 9.27. The van der Waals surface area contributed by atoms with Crippen LogP contribution in [-0.2, 0) is 29.0 Å². The van der Waals surface area contributed by atoms with E-state index in [-0.39, 0.29) is 23.5 Å². The van der Waals surface area contributed by atoms with Crippen molar-refractivity contribution in [2.45, 2.75) is 72.5 Å². The van der Waals surface area contributed by atoms with Gasteiger partial charge in [-0.2, -0.15) is 0 Å². The summed E-state index contributed by atoms with van der Waals surface area (Å²) in [4.78, 5) is 38.2. The SMILES string of the molecule is CCC(C)N(C(=O)COC(=O)C(C)NC(=O)C(C)(C)C)C1CCS(=O)(=O)C1. The zero-order valence-electron chi connectivity index (χ0n) is 17.1. The molecule has 0 radical (unpaired) electrons. The molecule has 0 aromatic carbocycles. The molecular formula is C18H32N2O6S. The van der Waals surface area contributed by atoms with Gasteiger partial charge in [0.2, 0.25) is 5.91 Å². The highest BCUT2D eigenvalue weighted by Gasteiger charge is 2.37. The molecule has 1 N–H and O–H groups in total. The number of carbonyl (C=O) groups is 3. The van der Waals surface area contributed by atoms with E-state index in [0.29, 0.717) is 12.8 Å². The first-order valence-corrected chi connectivity index (χ1v) is 11.1. The number of hydrogen-bond acceptors (Lipinski definition) is 6. The van der Waals surface area contributed by atoms with Crippen molar-refractivity contribution in [3.8, 4) is 0 Å². The molecule has 1 rings (SSSR count). The molecule has 3 atom stereocenters. The molecule has 0 saturated carbocycles. The number of carbonyl (C=O) groups excluding carboxylic acids is 3. The van der Waals surface area contributed by atoms with Crippen LogP contribution in [0.3, 0.4) is 0 Å². The Morgan fingerprint density at radius 2 is 1.81 bits per heavy atom. The number of esters is 1. The fourth-order valence-electron chi connectivity index (χ4n) is 2.81. The van der Waals surface area contributed by atoms with E-state index < -0.39 is 45.8 Å². The minimum Gasteiger partial charge on any atom is -0.454 e. The van der Waals surface area contributed by atoms with E-state index in [9.17, 15) is 22.8 Å². The van der Waals surface area contributed by atoms with Crippen molar-refractivity contribution < 1.29 is 27.5 Å². The predicted molar refractivity (Wildman–Crippen MR) is 102 cm³/mol. The summed E-state index contributed by atoms with van der Waals surface area (Å²) in [6.45, 7) is 9.94. The van der Waals surface area contributed by atoms with Crippen LogP contribution in [0.4, 0.5) is 0 Å². The lowest BCUT2D eigenvalue weighted by atomic mass is 9.95. The number of rotatable bonds is 7. The number of ether oxygens (including phenoxy) is 1. The van der Waals surface area contributed by atoms with Crippen LogP contribution in [0, 0.1) is 5.41 Å². The fourth-order valence-corrected chi connectivity index (χ4v) is 4.52. The summed E-state index contributed by atoms with van der Waals surface area (Å²) in [6.07, 6.45) is 1.05. The molecule has 1 fully saturated rings. The summed E-state index contributed by atoms with van der Waals surface area (Å²) in [6, 6.07) is -1.44. The van der Waals surface area contributed by atoms with Crippen LogP contribution < -0.4 is 5.32 Å². The molecule has 8 nitrogen and oxygen atoms in total. The second-order valence-corrected chi connectivity index (χ2v) is 10.4. The molecule has 9 heteroatoms. The quantitative estimate of drug-likeness (QED) is 0.631. The third kappa shape index (κ3) is 6.79. The van der Waals surface area contributed by atoms with E-state index >= 15 is 0 Å². The Kier molecular flexibility index (Phi) is 7.83. The van der Waals surface area contributed by atoms with Crippen molar-refractivity contribution in [2.24, 2.45) is 5.41 Å². The maximum absolute atomic E-state index is 12.6. The highest BCUT2D eigenvalue weighted by molar-refractivity contribution is 7.91. The standard InChI is InChI=1S/C18H32N2O6S/c1-7-12(2)20(14-8-9-27(24,25)11-14)15(21)10-26-16(22)13(3)19-17(23)18(4,5)6/h12-14H,7-11H2,1-6H3,(H,19,23). The van der Waals surface area contributed by atoms with Gasteiger partial charge in [-0.25, -0.2) is 13.2 Å². The van der Waals surface area contributed by atoms with Gasteiger partial charge in [-0.3, -0.25) is 9.59 Å². The van der Waals surface area contributed by atoms with Gasteiger partial charge in [0.15, 0.2) is 16.4 Å². The maximum atomic E-state index is 12.6. The average Bonchev–Trinajstić information content (AvgIpc) is 2.90. The van der Waals surface area contributed by atoms with Gasteiger partial charge in [-0.1, -0.05) is 27.7 Å². The Hall–Kier alpha value is -1.64. The van der Waals surface area contributed by atoms with Gasteiger partial charge in [-0.15, -0.1) is 0 Å². The minimum atomic E-state index is -3.14. The first-order chi connectivity index (χ1) is 12.3. The second-order valence-electron chi connectivity index (χ2n) is 8.17. The van der Waals surface area contributed by atoms with Gasteiger partial charge in [0.1, 0.15) is 6.04 Å². The molecular weight excluding hydrogens is 372 g/mol. The Morgan fingerprint density at radius 3 is 2.26 bits per heavy atom. The molecule has 0 aliphatic carbocycles. The maximum Gasteiger partial charge on any atom is 0.328 e. The molecule has 1 saturated heterocycles. The highest BCUT2D eigenvalue weighted by Crippen LogP contribution is 2.21. The number of hydrogen-bond donors (Lipinski definition) is 1. The third-order valence-corrected chi connectivity index (χ3v) is 6.43. The summed E-state index contributed by atoms with van der Waals surface area (Å²) in [5, 5.41) is 2.55. The van der Waals surface area contributed by atoms with Gasteiger partial charge in [0, 0.05) is 17.5 Å². The highest BCUT2D eigenvalue weighted by atomic mass is 32.2. The Morgan fingerprint density at radius 1 is 1.22 bits per heavy atom. The Labute approximate surface area is 161 Å². The molecule has 1 aliphatic heterocycles. The van der Waals surface area contributed by atoms with Crippen LogP contribution in [0.2, 0.25) is 0 Å². The molecule has 1 heterocycles. The van der Waals surface area contributed by atoms with E-state index in [1.165, 1.54) is 11.8 Å². The molecule has 156 valence electrons. The topological polar surface area (TPSA) is 110 Å². The van der Waals surface area contributed by atoms with Gasteiger partial charge >= 0.3 is 5.97 Å². The predicted octanol–water partition coefficient (Wildman–Crippen LogP) is 0.895. The van der Waals surface area contributed by atoms with E-state index in [4.69, 9.17) is 4.74 Å². The smallest absolute Gasteiger partial charge is 0.328 e. The summed E-state index contributed by atoms with van der Waals surface area (Å²) in [5.41, 5.74) is -0.647. The average molecular weight is 405 g/mol. The Bertz CT molecular complexity index is 668. The molecule has 1 aliphatic rings. The van der Waals surface area contributed by atoms with Crippen LogP contribution in [0.15, 0.2) is 0 Å². The van der Waals surface area contributed by atoms with Crippen molar-refractivity contribution >= 4 is 27.6 Å². The third-order valence-electron chi connectivity index (χ3n) is 4.68. The summed E-state index contributed by atoms with van der Waals surface area (Å²) >= 11 is 0. The zero-order chi connectivity index (χ0) is 21.0. The van der Waals surface area contributed by atoms with E-state index in [1.54, 1.807) is 20.8 Å². The zero-order valence-corrected chi connectivity index (χ0v) is 17.9.